The second kappa shape index (κ2) is 4.68. The molecule has 96 valence electrons. The number of hydrogen-bond donors (Lipinski definition) is 1. The summed E-state index contributed by atoms with van der Waals surface area (Å²) < 4.78 is 0. The van der Waals surface area contributed by atoms with E-state index in [9.17, 15) is 4.79 Å². The minimum Gasteiger partial charge on any atom is -0.399 e. The quantitative estimate of drug-likeness (QED) is 0.785. The maximum absolute atomic E-state index is 12.4. The Balaban J connectivity index is 1.98. The molecule has 0 fully saturated rings. The molecule has 2 heterocycles. The molecule has 1 amide bonds. The van der Waals surface area contributed by atoms with Crippen molar-refractivity contribution in [2.24, 2.45) is 0 Å². The number of carbonyl (C=O) groups excluding carboxylic acids is 1. The fraction of sp³-hybridized carbons (Fsp3) is 0.214. The van der Waals surface area contributed by atoms with Crippen LogP contribution in [0, 0.1) is 0 Å². The van der Waals surface area contributed by atoms with E-state index in [2.05, 4.69) is 9.97 Å². The van der Waals surface area contributed by atoms with E-state index in [1.165, 1.54) is 12.4 Å². The number of amides is 1. The molecule has 2 N–H and O–H groups in total. The molecule has 0 radical (unpaired) electrons. The normalized spacial score (nSPS) is 14.0. The van der Waals surface area contributed by atoms with Crippen LogP contribution in [0.25, 0.3) is 0 Å². The number of carbonyl (C=O) groups is 1. The molecule has 19 heavy (non-hydrogen) atoms. The SMILES string of the molecule is Nc1ccc2c(c1)CCCN2C(=O)c1cnccn1. The first-order chi connectivity index (χ1) is 9.25. The Morgan fingerprint density at radius 2 is 2.21 bits per heavy atom. The number of nitrogens with two attached hydrogens (primary N) is 1. The van der Waals surface area contributed by atoms with Crippen molar-refractivity contribution in [1.82, 2.24) is 9.97 Å². The lowest BCUT2D eigenvalue weighted by Crippen LogP contribution is -2.36. The molecular weight excluding hydrogens is 240 g/mol. The predicted molar refractivity (Wildman–Crippen MR) is 72.9 cm³/mol. The van der Waals surface area contributed by atoms with Gasteiger partial charge in [0.05, 0.1) is 6.20 Å². The number of hydrogen-bond acceptors (Lipinski definition) is 4. The number of nitrogen functional groups attached to an aromatic ring is 1. The van der Waals surface area contributed by atoms with Gasteiger partial charge in [0.25, 0.3) is 5.91 Å². The molecule has 0 bridgehead atoms. The number of fused-ring (bicyclic) bond motifs is 1. The molecule has 5 nitrogen and oxygen atoms in total. The average Bonchev–Trinajstić information content (AvgIpc) is 2.46. The van der Waals surface area contributed by atoms with Crippen LogP contribution in [0.15, 0.2) is 36.8 Å². The van der Waals surface area contributed by atoms with E-state index in [0.29, 0.717) is 12.2 Å². The second-order valence-electron chi connectivity index (χ2n) is 4.54. The van der Waals surface area contributed by atoms with Crippen LogP contribution in [0.3, 0.4) is 0 Å². The van der Waals surface area contributed by atoms with Crippen molar-refractivity contribution in [3.05, 3.63) is 48.0 Å². The van der Waals surface area contributed by atoms with E-state index >= 15 is 0 Å². The fourth-order valence-electron chi connectivity index (χ4n) is 2.38. The van der Waals surface area contributed by atoms with Crippen LogP contribution in [-0.4, -0.2) is 22.4 Å². The zero-order valence-corrected chi connectivity index (χ0v) is 10.4. The van der Waals surface area contributed by atoms with E-state index in [-0.39, 0.29) is 5.91 Å². The Hall–Kier alpha value is -2.43. The zero-order chi connectivity index (χ0) is 13.2. The van der Waals surface area contributed by atoms with E-state index in [1.54, 1.807) is 11.1 Å². The van der Waals surface area contributed by atoms with E-state index in [1.807, 2.05) is 18.2 Å². The van der Waals surface area contributed by atoms with Gasteiger partial charge in [-0.2, -0.15) is 0 Å². The molecule has 0 saturated heterocycles. The van der Waals surface area contributed by atoms with Crippen LogP contribution in [0.2, 0.25) is 0 Å². The van der Waals surface area contributed by atoms with Crippen LogP contribution in [0.5, 0.6) is 0 Å². The van der Waals surface area contributed by atoms with Gasteiger partial charge in [-0.3, -0.25) is 9.78 Å². The fourth-order valence-corrected chi connectivity index (χ4v) is 2.38. The molecule has 3 rings (SSSR count). The highest BCUT2D eigenvalue weighted by Gasteiger charge is 2.24. The lowest BCUT2D eigenvalue weighted by Gasteiger charge is -2.29. The molecule has 0 unspecified atom stereocenters. The van der Waals surface area contributed by atoms with Gasteiger partial charge in [0.15, 0.2) is 0 Å². The number of rotatable bonds is 1. The molecule has 1 aliphatic heterocycles. The first kappa shape index (κ1) is 11.6. The largest absolute Gasteiger partial charge is 0.399 e. The Bertz CT molecular complexity index is 612. The molecule has 1 aliphatic rings. The third kappa shape index (κ3) is 2.14. The van der Waals surface area contributed by atoms with Crippen LogP contribution in [0.1, 0.15) is 22.5 Å². The highest BCUT2D eigenvalue weighted by Crippen LogP contribution is 2.29. The van der Waals surface area contributed by atoms with E-state index < -0.39 is 0 Å². The summed E-state index contributed by atoms with van der Waals surface area (Å²) in [5.74, 6) is -0.112. The van der Waals surface area contributed by atoms with Crippen molar-refractivity contribution in [2.45, 2.75) is 12.8 Å². The minimum absolute atomic E-state index is 0.112. The smallest absolute Gasteiger partial charge is 0.278 e. The first-order valence-electron chi connectivity index (χ1n) is 6.22. The van der Waals surface area contributed by atoms with Crippen molar-refractivity contribution < 1.29 is 4.79 Å². The van der Waals surface area contributed by atoms with Gasteiger partial charge in [0, 0.05) is 30.3 Å². The van der Waals surface area contributed by atoms with Gasteiger partial charge in [0.2, 0.25) is 0 Å². The lowest BCUT2D eigenvalue weighted by molar-refractivity contribution is 0.0980. The van der Waals surface area contributed by atoms with E-state index in [0.717, 1.165) is 29.8 Å². The molecular formula is C14H14N4O. The number of anilines is 2. The summed E-state index contributed by atoms with van der Waals surface area (Å²) in [5.41, 5.74) is 8.93. The highest BCUT2D eigenvalue weighted by molar-refractivity contribution is 6.05. The standard InChI is InChI=1S/C14H14N4O/c15-11-3-4-13-10(8-11)2-1-7-18(13)14(19)12-9-16-5-6-17-12/h3-6,8-9H,1-2,7,15H2. The number of aromatic nitrogens is 2. The summed E-state index contributed by atoms with van der Waals surface area (Å²) in [6.07, 6.45) is 6.46. The molecule has 0 spiro atoms. The molecule has 0 saturated carbocycles. The van der Waals surface area contributed by atoms with Crippen LogP contribution in [0.4, 0.5) is 11.4 Å². The average molecular weight is 254 g/mol. The van der Waals surface area contributed by atoms with E-state index in [4.69, 9.17) is 5.73 Å². The summed E-state index contributed by atoms with van der Waals surface area (Å²) in [4.78, 5) is 22.2. The summed E-state index contributed by atoms with van der Waals surface area (Å²) in [6, 6.07) is 5.66. The van der Waals surface area contributed by atoms with Gasteiger partial charge < -0.3 is 10.6 Å². The molecule has 2 aromatic rings. The Morgan fingerprint density at radius 3 is 3.00 bits per heavy atom. The second-order valence-corrected chi connectivity index (χ2v) is 4.54. The zero-order valence-electron chi connectivity index (χ0n) is 10.4. The molecule has 1 aromatic carbocycles. The van der Waals surface area contributed by atoms with Gasteiger partial charge >= 0.3 is 0 Å². The summed E-state index contributed by atoms with van der Waals surface area (Å²) in [5, 5.41) is 0. The minimum atomic E-state index is -0.112. The van der Waals surface area contributed by atoms with Crippen LogP contribution < -0.4 is 10.6 Å². The predicted octanol–water partition coefficient (Wildman–Crippen LogP) is 1.65. The third-order valence-corrected chi connectivity index (χ3v) is 3.25. The maximum Gasteiger partial charge on any atom is 0.278 e. The van der Waals surface area contributed by atoms with Gasteiger partial charge in [-0.1, -0.05) is 0 Å². The van der Waals surface area contributed by atoms with Gasteiger partial charge in [-0.25, -0.2) is 4.98 Å². The number of benzene rings is 1. The number of aryl methyl sites for hydroxylation is 1. The maximum atomic E-state index is 12.4. The van der Waals surface area contributed by atoms with Gasteiger partial charge in [-0.05, 0) is 36.6 Å². The third-order valence-electron chi connectivity index (χ3n) is 3.25. The van der Waals surface area contributed by atoms with Crippen molar-refractivity contribution in [3.63, 3.8) is 0 Å². The Morgan fingerprint density at radius 1 is 1.32 bits per heavy atom. The monoisotopic (exact) mass is 254 g/mol. The van der Waals surface area contributed by atoms with Crippen molar-refractivity contribution >= 4 is 17.3 Å². The molecule has 0 aliphatic carbocycles. The van der Waals surface area contributed by atoms with Crippen molar-refractivity contribution in [3.8, 4) is 0 Å². The van der Waals surface area contributed by atoms with Crippen molar-refractivity contribution in [2.75, 3.05) is 17.2 Å². The number of nitrogens with zero attached hydrogens (tertiary/aromatic N) is 3. The molecule has 5 heteroatoms. The molecule has 0 atom stereocenters. The molecule has 1 aromatic heterocycles. The topological polar surface area (TPSA) is 72.1 Å². The Kier molecular flexibility index (Phi) is 2.87. The van der Waals surface area contributed by atoms with Crippen LogP contribution >= 0.6 is 0 Å². The van der Waals surface area contributed by atoms with Crippen LogP contribution in [-0.2, 0) is 6.42 Å². The first-order valence-corrected chi connectivity index (χ1v) is 6.22. The summed E-state index contributed by atoms with van der Waals surface area (Å²) in [6.45, 7) is 0.701. The lowest BCUT2D eigenvalue weighted by atomic mass is 10.0. The summed E-state index contributed by atoms with van der Waals surface area (Å²) in [7, 11) is 0. The van der Waals surface area contributed by atoms with Gasteiger partial charge in [0.1, 0.15) is 5.69 Å². The Labute approximate surface area is 111 Å². The van der Waals surface area contributed by atoms with Gasteiger partial charge in [-0.15, -0.1) is 0 Å². The summed E-state index contributed by atoms with van der Waals surface area (Å²) >= 11 is 0. The highest BCUT2D eigenvalue weighted by atomic mass is 16.2. The van der Waals surface area contributed by atoms with Crippen molar-refractivity contribution in [1.29, 1.82) is 0 Å².